The van der Waals surface area contributed by atoms with Crippen LogP contribution in [0, 0.1) is 5.92 Å². The first-order valence-electron chi connectivity index (χ1n) is 6.82. The molecule has 0 unspecified atom stereocenters. The van der Waals surface area contributed by atoms with E-state index in [1.807, 2.05) is 19.2 Å². The summed E-state index contributed by atoms with van der Waals surface area (Å²) < 4.78 is 4.39. The van der Waals surface area contributed by atoms with Crippen molar-refractivity contribution in [2.24, 2.45) is 5.92 Å². The zero-order valence-electron chi connectivity index (χ0n) is 13.2. The molecule has 1 atom stereocenters. The highest BCUT2D eigenvalue weighted by molar-refractivity contribution is 6.31. The molecule has 0 rings (SSSR count). The molecular weight excluding hydrogens is 310 g/mol. The number of carboxylic acids is 1. The van der Waals surface area contributed by atoms with Gasteiger partial charge in [-0.25, -0.2) is 4.79 Å². The Morgan fingerprint density at radius 3 is 2.13 bits per heavy atom. The number of amides is 3. The number of carbonyl (C=O) groups is 5. The fraction of sp³-hybridized carbons (Fsp3) is 0.615. The minimum atomic E-state index is -1.72. The Morgan fingerprint density at radius 2 is 1.65 bits per heavy atom. The quantitative estimate of drug-likeness (QED) is 0.297. The number of rotatable bonds is 8. The van der Waals surface area contributed by atoms with Crippen LogP contribution in [0.3, 0.4) is 0 Å². The average molecular weight is 331 g/mol. The van der Waals surface area contributed by atoms with Crippen LogP contribution in [0.4, 0.5) is 0 Å². The Bertz CT molecular complexity index is 476. The second-order valence-corrected chi connectivity index (χ2v) is 5.03. The van der Waals surface area contributed by atoms with Crippen LogP contribution in [0.2, 0.25) is 0 Å². The topological polar surface area (TPSA) is 151 Å². The monoisotopic (exact) mass is 331 g/mol. The third-order valence-corrected chi connectivity index (χ3v) is 2.60. The number of esters is 1. The first-order chi connectivity index (χ1) is 10.7. The van der Waals surface area contributed by atoms with E-state index in [0.29, 0.717) is 6.42 Å². The van der Waals surface area contributed by atoms with E-state index in [-0.39, 0.29) is 12.5 Å². The Kier molecular flexibility index (Phi) is 8.97. The van der Waals surface area contributed by atoms with Gasteiger partial charge in [0, 0.05) is 0 Å². The summed E-state index contributed by atoms with van der Waals surface area (Å²) in [7, 11) is 1.17. The van der Waals surface area contributed by atoms with Crippen LogP contribution < -0.4 is 16.0 Å². The molecule has 0 aromatic carbocycles. The van der Waals surface area contributed by atoms with E-state index in [1.165, 1.54) is 7.11 Å². The largest absolute Gasteiger partial charge is 0.474 e. The van der Waals surface area contributed by atoms with Crippen molar-refractivity contribution in [3.8, 4) is 0 Å². The number of nitrogens with one attached hydrogen (secondary N) is 3. The van der Waals surface area contributed by atoms with Crippen molar-refractivity contribution in [3.63, 3.8) is 0 Å². The summed E-state index contributed by atoms with van der Waals surface area (Å²) in [6, 6.07) is -0.922. The van der Waals surface area contributed by atoms with Crippen molar-refractivity contribution >= 4 is 29.7 Å². The molecule has 10 nitrogen and oxygen atoms in total. The van der Waals surface area contributed by atoms with Gasteiger partial charge in [0.1, 0.15) is 12.6 Å². The lowest BCUT2D eigenvalue weighted by molar-refractivity contribution is -0.150. The molecule has 0 heterocycles. The summed E-state index contributed by atoms with van der Waals surface area (Å²) in [5, 5.41) is 15.0. The second-order valence-electron chi connectivity index (χ2n) is 5.03. The molecule has 130 valence electrons. The minimum Gasteiger partial charge on any atom is -0.474 e. The molecule has 0 radical (unpaired) electrons. The van der Waals surface area contributed by atoms with Crippen LogP contribution in [0.15, 0.2) is 0 Å². The van der Waals surface area contributed by atoms with Gasteiger partial charge >= 0.3 is 17.8 Å². The third-order valence-electron chi connectivity index (χ3n) is 2.60. The van der Waals surface area contributed by atoms with Gasteiger partial charge in [-0.05, 0) is 12.3 Å². The Balaban J connectivity index is 4.56. The summed E-state index contributed by atoms with van der Waals surface area (Å²) in [5.41, 5.74) is 0. The molecule has 0 fully saturated rings. The zero-order valence-corrected chi connectivity index (χ0v) is 13.2. The fourth-order valence-corrected chi connectivity index (χ4v) is 1.54. The standard InChI is InChI=1S/C13H21N3O7/c1-7(2)4-8(11(19)15-6-10(18)23-3)16-9(17)5-14-12(20)13(21)22/h7-8H,4-6H2,1-3H3,(H,14,20)(H,15,19)(H,16,17)(H,21,22)/t8-/m0/s1. The maximum Gasteiger partial charge on any atom is 0.394 e. The molecule has 0 aliphatic heterocycles. The van der Waals surface area contributed by atoms with Crippen molar-refractivity contribution in [1.29, 1.82) is 0 Å². The Hall–Kier alpha value is -2.65. The highest BCUT2D eigenvalue weighted by Gasteiger charge is 2.23. The number of hydrogen-bond acceptors (Lipinski definition) is 6. The lowest BCUT2D eigenvalue weighted by Gasteiger charge is -2.20. The molecule has 10 heteroatoms. The normalized spacial score (nSPS) is 11.3. The van der Waals surface area contributed by atoms with Gasteiger partial charge in [0.05, 0.1) is 13.7 Å². The number of carbonyl (C=O) groups excluding carboxylic acids is 4. The smallest absolute Gasteiger partial charge is 0.394 e. The number of hydrogen-bond donors (Lipinski definition) is 4. The van der Waals surface area contributed by atoms with Gasteiger partial charge in [0.2, 0.25) is 11.8 Å². The number of methoxy groups -OCH3 is 1. The summed E-state index contributed by atoms with van der Waals surface area (Å²) in [5.74, 6) is -4.91. The van der Waals surface area contributed by atoms with Crippen LogP contribution in [0.5, 0.6) is 0 Å². The van der Waals surface area contributed by atoms with E-state index in [4.69, 9.17) is 5.11 Å². The van der Waals surface area contributed by atoms with E-state index in [2.05, 4.69) is 15.4 Å². The van der Waals surface area contributed by atoms with Crippen LogP contribution in [0.1, 0.15) is 20.3 Å². The summed E-state index contributed by atoms with van der Waals surface area (Å²) in [6.45, 7) is 2.75. The van der Waals surface area contributed by atoms with E-state index in [1.54, 1.807) is 0 Å². The van der Waals surface area contributed by atoms with Crippen LogP contribution in [0.25, 0.3) is 0 Å². The number of ether oxygens (including phenoxy) is 1. The molecule has 0 aliphatic carbocycles. The molecule has 0 saturated carbocycles. The maximum absolute atomic E-state index is 12.0. The van der Waals surface area contributed by atoms with Crippen LogP contribution in [-0.4, -0.2) is 61.0 Å². The Morgan fingerprint density at radius 1 is 1.04 bits per heavy atom. The zero-order chi connectivity index (χ0) is 18.0. The molecule has 0 aliphatic rings. The van der Waals surface area contributed by atoms with Gasteiger partial charge in [0.15, 0.2) is 0 Å². The van der Waals surface area contributed by atoms with Crippen molar-refractivity contribution in [3.05, 3.63) is 0 Å². The van der Waals surface area contributed by atoms with E-state index in [9.17, 15) is 24.0 Å². The molecule has 0 aromatic rings. The van der Waals surface area contributed by atoms with Gasteiger partial charge in [-0.3, -0.25) is 19.2 Å². The van der Waals surface area contributed by atoms with Crippen molar-refractivity contribution in [1.82, 2.24) is 16.0 Å². The average Bonchev–Trinajstić information content (AvgIpc) is 2.48. The van der Waals surface area contributed by atoms with Gasteiger partial charge < -0.3 is 25.8 Å². The molecule has 0 aromatic heterocycles. The first kappa shape index (κ1) is 20.3. The number of carboxylic acid groups (broad SMARTS) is 1. The highest BCUT2D eigenvalue weighted by Crippen LogP contribution is 2.04. The van der Waals surface area contributed by atoms with Crippen molar-refractivity contribution in [2.75, 3.05) is 20.2 Å². The predicted octanol–water partition coefficient (Wildman–Crippen LogP) is -1.99. The van der Waals surface area contributed by atoms with Crippen molar-refractivity contribution in [2.45, 2.75) is 26.3 Å². The van der Waals surface area contributed by atoms with Crippen LogP contribution in [-0.2, 0) is 28.7 Å². The molecule has 4 N–H and O–H groups in total. The molecule has 0 spiro atoms. The summed E-state index contributed by atoms with van der Waals surface area (Å²) in [4.78, 5) is 55.8. The van der Waals surface area contributed by atoms with Crippen LogP contribution >= 0.6 is 0 Å². The van der Waals surface area contributed by atoms with E-state index < -0.39 is 42.2 Å². The summed E-state index contributed by atoms with van der Waals surface area (Å²) >= 11 is 0. The van der Waals surface area contributed by atoms with Gasteiger partial charge in [0.25, 0.3) is 0 Å². The highest BCUT2D eigenvalue weighted by atomic mass is 16.5. The summed E-state index contributed by atoms with van der Waals surface area (Å²) in [6.07, 6.45) is 0.297. The number of aliphatic carboxylic acids is 1. The second kappa shape index (κ2) is 10.1. The maximum atomic E-state index is 12.0. The van der Waals surface area contributed by atoms with Gasteiger partial charge in [-0.2, -0.15) is 0 Å². The SMILES string of the molecule is COC(=O)CNC(=O)[C@H](CC(C)C)NC(=O)CNC(=O)C(=O)O. The molecule has 0 bridgehead atoms. The van der Waals surface area contributed by atoms with E-state index in [0.717, 1.165) is 0 Å². The lowest BCUT2D eigenvalue weighted by atomic mass is 10.0. The first-order valence-corrected chi connectivity index (χ1v) is 6.82. The molecular formula is C13H21N3O7. The minimum absolute atomic E-state index is 0.0674. The van der Waals surface area contributed by atoms with Crippen molar-refractivity contribution < 1.29 is 33.8 Å². The lowest BCUT2D eigenvalue weighted by Crippen LogP contribution is -2.51. The third kappa shape index (κ3) is 9.06. The molecule has 23 heavy (non-hydrogen) atoms. The fourth-order valence-electron chi connectivity index (χ4n) is 1.54. The van der Waals surface area contributed by atoms with Gasteiger partial charge in [-0.15, -0.1) is 0 Å². The van der Waals surface area contributed by atoms with E-state index >= 15 is 0 Å². The van der Waals surface area contributed by atoms with Gasteiger partial charge in [-0.1, -0.05) is 13.8 Å². The predicted molar refractivity (Wildman–Crippen MR) is 77.1 cm³/mol. The molecule has 0 saturated heterocycles. The molecule has 3 amide bonds. The Labute approximate surface area is 132 Å².